The number of ketones is 1. The second kappa shape index (κ2) is 21.1. The van der Waals surface area contributed by atoms with Gasteiger partial charge < -0.3 is 14.2 Å². The minimum Gasteiger partial charge on any atom is -0.497 e. The van der Waals surface area contributed by atoms with E-state index in [1.807, 2.05) is 60.7 Å². The average Bonchev–Trinajstić information content (AvgIpc) is 3.18. The van der Waals surface area contributed by atoms with Gasteiger partial charge in [-0.3, -0.25) is 14.6 Å². The fourth-order valence-electron chi connectivity index (χ4n) is 6.81. The van der Waals surface area contributed by atoms with E-state index in [0.717, 1.165) is 83.0 Å². The van der Waals surface area contributed by atoms with Crippen LogP contribution in [0.5, 0.6) is 17.2 Å². The molecule has 0 aliphatic heterocycles. The Labute approximate surface area is 321 Å². The number of fused-ring (bicyclic) bond motifs is 3. The lowest BCUT2D eigenvalue weighted by atomic mass is 9.98. The number of unbranched alkanes of at least 4 members (excludes halogenated alkanes) is 8. The molecule has 0 aliphatic carbocycles. The molecule has 0 radical (unpaired) electrons. The quantitative estimate of drug-likeness (QED) is 0.0219. The third-order valence-electron chi connectivity index (χ3n) is 10.1. The molecule has 0 unspecified atom stereocenters. The summed E-state index contributed by atoms with van der Waals surface area (Å²) in [5.74, 6) is 2.01. The monoisotopic (exact) mass is 727 g/mol. The van der Waals surface area contributed by atoms with Gasteiger partial charge >= 0.3 is 5.97 Å². The second-order valence-corrected chi connectivity index (χ2v) is 14.5. The van der Waals surface area contributed by atoms with Gasteiger partial charge in [0.25, 0.3) is 0 Å². The van der Waals surface area contributed by atoms with E-state index in [0.29, 0.717) is 37.2 Å². The molecular weight excluding hydrogens is 671 g/mol. The third-order valence-corrected chi connectivity index (χ3v) is 10.1. The molecule has 0 atom stereocenters. The van der Waals surface area contributed by atoms with Gasteiger partial charge in [0.2, 0.25) is 0 Å². The highest BCUT2D eigenvalue weighted by Gasteiger charge is 2.14. The van der Waals surface area contributed by atoms with Crippen molar-refractivity contribution in [3.05, 3.63) is 119 Å². The van der Waals surface area contributed by atoms with Crippen LogP contribution in [-0.2, 0) is 28.9 Å². The number of aryl methyl sites for hydroxylation is 2. The predicted molar refractivity (Wildman–Crippen MR) is 221 cm³/mol. The van der Waals surface area contributed by atoms with Crippen LogP contribution in [-0.4, -0.2) is 30.5 Å². The largest absolute Gasteiger partial charge is 0.497 e. The number of nitrogens with zero attached hydrogens (tertiary/aromatic N) is 1. The SMILES string of the molecule is C=C(C)C(=O)CCCCCCCOc1ccc(CCC(=O)Oc2ccc3c(c2)c(Cc2ccc(CCCCCCC)cc2)nc2cc(OC)ccc23)cc1. The van der Waals surface area contributed by atoms with E-state index in [9.17, 15) is 9.59 Å². The lowest BCUT2D eigenvalue weighted by Gasteiger charge is -2.13. The minimum absolute atomic E-state index is 0.169. The van der Waals surface area contributed by atoms with Crippen molar-refractivity contribution in [2.45, 2.75) is 110 Å². The Morgan fingerprint density at radius 1 is 0.630 bits per heavy atom. The fourth-order valence-corrected chi connectivity index (χ4v) is 6.81. The zero-order valence-corrected chi connectivity index (χ0v) is 32.6. The number of hydrogen-bond acceptors (Lipinski definition) is 6. The summed E-state index contributed by atoms with van der Waals surface area (Å²) in [5, 5.41) is 3.07. The number of esters is 1. The molecular formula is C48H57NO5. The molecule has 1 aromatic heterocycles. The molecule has 5 aromatic rings. The molecule has 0 saturated heterocycles. The number of carbonyl (C=O) groups is 2. The number of benzene rings is 4. The number of hydrogen-bond donors (Lipinski definition) is 0. The predicted octanol–water partition coefficient (Wildman–Crippen LogP) is 11.9. The Hall–Kier alpha value is -4.97. The summed E-state index contributed by atoms with van der Waals surface area (Å²) in [7, 11) is 1.67. The van der Waals surface area contributed by atoms with E-state index in [-0.39, 0.29) is 18.2 Å². The van der Waals surface area contributed by atoms with E-state index in [2.05, 4.69) is 37.8 Å². The van der Waals surface area contributed by atoms with Crippen LogP contribution in [0.1, 0.15) is 113 Å². The Kier molecular flexibility index (Phi) is 15.7. The van der Waals surface area contributed by atoms with Gasteiger partial charge in [-0.05, 0) is 109 Å². The van der Waals surface area contributed by atoms with Gasteiger partial charge in [-0.1, -0.05) is 94.8 Å². The normalized spacial score (nSPS) is 11.2. The molecule has 0 bridgehead atoms. The molecule has 1 heterocycles. The Bertz CT molecular complexity index is 1980. The number of ether oxygens (including phenoxy) is 3. The molecule has 0 amide bonds. The van der Waals surface area contributed by atoms with Crippen LogP contribution in [0.4, 0.5) is 0 Å². The van der Waals surface area contributed by atoms with Crippen LogP contribution in [0.25, 0.3) is 21.7 Å². The highest BCUT2D eigenvalue weighted by atomic mass is 16.5. The minimum atomic E-state index is -0.274. The van der Waals surface area contributed by atoms with Gasteiger partial charge in [-0.2, -0.15) is 0 Å². The van der Waals surface area contributed by atoms with Gasteiger partial charge in [0.1, 0.15) is 17.2 Å². The number of pyridine rings is 1. The van der Waals surface area contributed by atoms with Gasteiger partial charge in [-0.25, -0.2) is 0 Å². The van der Waals surface area contributed by atoms with E-state index >= 15 is 0 Å². The first-order chi connectivity index (χ1) is 26.3. The highest BCUT2D eigenvalue weighted by molar-refractivity contribution is 6.07. The van der Waals surface area contributed by atoms with Crippen molar-refractivity contribution in [1.82, 2.24) is 4.98 Å². The number of carbonyl (C=O) groups excluding carboxylic acids is 2. The van der Waals surface area contributed by atoms with Crippen molar-refractivity contribution in [3.8, 4) is 17.2 Å². The number of allylic oxidation sites excluding steroid dienone is 1. The summed E-state index contributed by atoms with van der Waals surface area (Å²) in [6.07, 6.45) is 14.8. The maximum atomic E-state index is 13.0. The molecule has 0 N–H and O–H groups in total. The number of rotatable bonds is 23. The summed E-state index contributed by atoms with van der Waals surface area (Å²) in [4.78, 5) is 29.8. The molecule has 284 valence electrons. The van der Waals surface area contributed by atoms with Crippen LogP contribution >= 0.6 is 0 Å². The highest BCUT2D eigenvalue weighted by Crippen LogP contribution is 2.33. The van der Waals surface area contributed by atoms with Crippen LogP contribution < -0.4 is 14.2 Å². The van der Waals surface area contributed by atoms with Gasteiger partial charge in [0.05, 0.1) is 24.9 Å². The van der Waals surface area contributed by atoms with E-state index < -0.39 is 0 Å². The maximum Gasteiger partial charge on any atom is 0.311 e. The van der Waals surface area contributed by atoms with Gasteiger partial charge in [0, 0.05) is 36.1 Å². The zero-order valence-electron chi connectivity index (χ0n) is 32.6. The van der Waals surface area contributed by atoms with Crippen molar-refractivity contribution in [2.24, 2.45) is 0 Å². The van der Waals surface area contributed by atoms with E-state index in [1.54, 1.807) is 14.0 Å². The topological polar surface area (TPSA) is 74.7 Å². The first kappa shape index (κ1) is 40.2. The summed E-state index contributed by atoms with van der Waals surface area (Å²) in [6.45, 7) is 8.40. The van der Waals surface area contributed by atoms with Crippen molar-refractivity contribution >= 4 is 33.4 Å². The van der Waals surface area contributed by atoms with Crippen molar-refractivity contribution in [1.29, 1.82) is 0 Å². The standard InChI is InChI=1S/C48H57NO5/c1-5-6-7-9-12-15-36-17-19-38(20-18-36)32-45-44-33-41(27-28-42(44)43-29-26-40(52-4)34-46(43)49-45)54-48(51)30-23-37-21-24-39(25-22-37)53-31-14-11-8-10-13-16-47(50)35(2)3/h17-22,24-29,33-34H,2,5-16,23,30-32H2,1,3-4H3. The van der Waals surface area contributed by atoms with Crippen LogP contribution in [0, 0.1) is 0 Å². The van der Waals surface area contributed by atoms with Gasteiger partial charge in [-0.15, -0.1) is 0 Å². The smallest absolute Gasteiger partial charge is 0.311 e. The van der Waals surface area contributed by atoms with Crippen LogP contribution in [0.15, 0.2) is 97.1 Å². The van der Waals surface area contributed by atoms with Crippen molar-refractivity contribution in [3.63, 3.8) is 0 Å². The summed E-state index contributed by atoms with van der Waals surface area (Å²) in [5.41, 5.74) is 6.08. The van der Waals surface area contributed by atoms with Crippen molar-refractivity contribution < 1.29 is 23.8 Å². The lowest BCUT2D eigenvalue weighted by Crippen LogP contribution is -2.09. The molecule has 5 rings (SSSR count). The van der Waals surface area contributed by atoms with E-state index in [4.69, 9.17) is 19.2 Å². The number of methoxy groups -OCH3 is 1. The van der Waals surface area contributed by atoms with Crippen LogP contribution in [0.2, 0.25) is 0 Å². The molecule has 0 spiro atoms. The first-order valence-corrected chi connectivity index (χ1v) is 19.9. The Morgan fingerprint density at radius 3 is 2.02 bits per heavy atom. The second-order valence-electron chi connectivity index (χ2n) is 14.5. The molecule has 54 heavy (non-hydrogen) atoms. The zero-order chi connectivity index (χ0) is 38.1. The summed E-state index contributed by atoms with van der Waals surface area (Å²) < 4.78 is 17.3. The molecule has 6 heteroatoms. The van der Waals surface area contributed by atoms with Crippen LogP contribution in [0.3, 0.4) is 0 Å². The number of aromatic nitrogens is 1. The lowest BCUT2D eigenvalue weighted by molar-refractivity contribution is -0.134. The Balaban J connectivity index is 1.15. The molecule has 4 aromatic carbocycles. The molecule has 0 fully saturated rings. The van der Waals surface area contributed by atoms with Crippen molar-refractivity contribution in [2.75, 3.05) is 13.7 Å². The summed E-state index contributed by atoms with van der Waals surface area (Å²) >= 11 is 0. The fraction of sp³-hybridized carbons (Fsp3) is 0.396. The molecule has 0 aliphatic rings. The average molecular weight is 728 g/mol. The molecule has 0 saturated carbocycles. The van der Waals surface area contributed by atoms with E-state index in [1.165, 1.54) is 43.2 Å². The summed E-state index contributed by atoms with van der Waals surface area (Å²) in [6, 6.07) is 28.7. The third kappa shape index (κ3) is 12.3. The maximum absolute atomic E-state index is 13.0. The Morgan fingerprint density at radius 2 is 1.26 bits per heavy atom. The molecule has 6 nitrogen and oxygen atoms in total. The first-order valence-electron chi connectivity index (χ1n) is 19.9. The van der Waals surface area contributed by atoms with Gasteiger partial charge in [0.15, 0.2) is 5.78 Å². The number of Topliss-reactive ketones (excluding diaryl/α,β-unsaturated/α-hetero) is 1.